The van der Waals surface area contributed by atoms with E-state index < -0.39 is 5.60 Å². The Labute approximate surface area is 149 Å². The van der Waals surface area contributed by atoms with Crippen LogP contribution < -0.4 is 15.5 Å². The molecule has 1 saturated heterocycles. The molecule has 1 aromatic rings. The molecule has 7 nitrogen and oxygen atoms in total. The van der Waals surface area contributed by atoms with Gasteiger partial charge in [0.1, 0.15) is 11.4 Å². The van der Waals surface area contributed by atoms with E-state index in [-0.39, 0.29) is 12.1 Å². The first kappa shape index (κ1) is 17.8. The molecule has 1 amide bonds. The molecule has 0 unspecified atom stereocenters. The topological polar surface area (TPSA) is 75.7 Å². The van der Waals surface area contributed by atoms with Gasteiger partial charge in [0.2, 0.25) is 0 Å². The van der Waals surface area contributed by atoms with Gasteiger partial charge in [-0.15, -0.1) is 0 Å². The van der Waals surface area contributed by atoms with E-state index in [9.17, 15) is 4.79 Å². The van der Waals surface area contributed by atoms with Crippen molar-refractivity contribution in [1.82, 2.24) is 10.3 Å². The van der Waals surface area contributed by atoms with Crippen LogP contribution in [0.1, 0.15) is 33.6 Å². The van der Waals surface area contributed by atoms with Crippen molar-refractivity contribution >= 4 is 17.6 Å². The van der Waals surface area contributed by atoms with Crippen LogP contribution in [0.2, 0.25) is 0 Å². The van der Waals surface area contributed by atoms with E-state index in [0.29, 0.717) is 6.04 Å². The third-order valence-corrected chi connectivity index (χ3v) is 4.31. The molecule has 7 heteroatoms. The van der Waals surface area contributed by atoms with E-state index >= 15 is 0 Å². The van der Waals surface area contributed by atoms with Gasteiger partial charge >= 0.3 is 6.09 Å². The van der Waals surface area contributed by atoms with Crippen molar-refractivity contribution in [3.05, 3.63) is 18.3 Å². The van der Waals surface area contributed by atoms with Gasteiger partial charge in [0.15, 0.2) is 0 Å². The zero-order valence-electron chi connectivity index (χ0n) is 15.2. The Hall–Kier alpha value is -2.02. The van der Waals surface area contributed by atoms with Gasteiger partial charge in [-0.2, -0.15) is 0 Å². The molecule has 3 rings (SSSR count). The third-order valence-electron chi connectivity index (χ3n) is 4.31. The van der Waals surface area contributed by atoms with Crippen molar-refractivity contribution in [1.29, 1.82) is 0 Å². The minimum absolute atomic E-state index is 0.174. The zero-order valence-corrected chi connectivity index (χ0v) is 15.2. The van der Waals surface area contributed by atoms with Crippen molar-refractivity contribution < 1.29 is 14.3 Å². The molecule has 138 valence electrons. The maximum Gasteiger partial charge on any atom is 0.407 e. The second-order valence-corrected chi connectivity index (χ2v) is 7.66. The molecule has 0 aromatic carbocycles. The van der Waals surface area contributed by atoms with Crippen LogP contribution in [0.3, 0.4) is 0 Å². The van der Waals surface area contributed by atoms with Gasteiger partial charge in [0.25, 0.3) is 0 Å². The van der Waals surface area contributed by atoms with Gasteiger partial charge < -0.3 is 25.0 Å². The Morgan fingerprint density at radius 2 is 1.96 bits per heavy atom. The molecular weight excluding hydrogens is 320 g/mol. The van der Waals surface area contributed by atoms with Crippen molar-refractivity contribution in [2.45, 2.75) is 51.3 Å². The SMILES string of the molecule is CC(C)(C)OC(=O)NC1CC(Nc2ccc(N3CCOCC3)nc2)C1. The summed E-state index contributed by atoms with van der Waals surface area (Å²) in [5.74, 6) is 0.993. The highest BCUT2D eigenvalue weighted by atomic mass is 16.6. The molecule has 0 bridgehead atoms. The fourth-order valence-corrected chi connectivity index (χ4v) is 3.01. The highest BCUT2D eigenvalue weighted by molar-refractivity contribution is 5.68. The number of carbonyl (C=O) groups is 1. The third kappa shape index (κ3) is 5.22. The molecule has 1 aliphatic carbocycles. The summed E-state index contributed by atoms with van der Waals surface area (Å²) in [6.45, 7) is 8.90. The molecule has 2 N–H and O–H groups in total. The summed E-state index contributed by atoms with van der Waals surface area (Å²) in [4.78, 5) is 18.5. The quantitative estimate of drug-likeness (QED) is 0.870. The first-order chi connectivity index (χ1) is 11.9. The number of ether oxygens (including phenoxy) is 2. The van der Waals surface area contributed by atoms with Gasteiger partial charge in [-0.05, 0) is 45.7 Å². The van der Waals surface area contributed by atoms with E-state index in [1.807, 2.05) is 33.0 Å². The Bertz CT molecular complexity index is 573. The molecule has 1 aliphatic heterocycles. The first-order valence-electron chi connectivity index (χ1n) is 8.94. The van der Waals surface area contributed by atoms with Gasteiger partial charge in [-0.25, -0.2) is 9.78 Å². The average Bonchev–Trinajstić information content (AvgIpc) is 2.52. The number of nitrogens with one attached hydrogen (secondary N) is 2. The average molecular weight is 348 g/mol. The van der Waals surface area contributed by atoms with E-state index in [1.54, 1.807) is 0 Å². The Morgan fingerprint density at radius 3 is 2.56 bits per heavy atom. The van der Waals surface area contributed by atoms with E-state index in [0.717, 1.165) is 50.7 Å². The lowest BCUT2D eigenvalue weighted by Crippen LogP contribution is -2.50. The zero-order chi connectivity index (χ0) is 17.9. The number of rotatable bonds is 4. The molecule has 1 saturated carbocycles. The molecule has 0 radical (unpaired) electrons. The summed E-state index contributed by atoms with van der Waals surface area (Å²) in [6, 6.07) is 4.64. The monoisotopic (exact) mass is 348 g/mol. The van der Waals surface area contributed by atoms with Crippen molar-refractivity contribution in [3.8, 4) is 0 Å². The second-order valence-electron chi connectivity index (χ2n) is 7.66. The first-order valence-corrected chi connectivity index (χ1v) is 8.94. The Kier molecular flexibility index (Phi) is 5.32. The highest BCUT2D eigenvalue weighted by Crippen LogP contribution is 2.25. The lowest BCUT2D eigenvalue weighted by atomic mass is 9.87. The van der Waals surface area contributed by atoms with Crippen LogP contribution >= 0.6 is 0 Å². The van der Waals surface area contributed by atoms with Gasteiger partial charge in [-0.3, -0.25) is 0 Å². The molecular formula is C18H28N4O3. The molecule has 0 atom stereocenters. The van der Waals surface area contributed by atoms with Crippen LogP contribution in [-0.2, 0) is 9.47 Å². The maximum absolute atomic E-state index is 11.7. The fraction of sp³-hybridized carbons (Fsp3) is 0.667. The number of pyridine rings is 1. The molecule has 25 heavy (non-hydrogen) atoms. The predicted molar refractivity (Wildman–Crippen MR) is 97.1 cm³/mol. The summed E-state index contributed by atoms with van der Waals surface area (Å²) in [7, 11) is 0. The van der Waals surface area contributed by atoms with Crippen molar-refractivity contribution in [2.24, 2.45) is 0 Å². The summed E-state index contributed by atoms with van der Waals surface area (Å²) >= 11 is 0. The van der Waals surface area contributed by atoms with Crippen LogP contribution in [0.5, 0.6) is 0 Å². The molecule has 0 spiro atoms. The minimum Gasteiger partial charge on any atom is -0.444 e. The number of morpholine rings is 1. The van der Waals surface area contributed by atoms with Crippen LogP contribution in [0.4, 0.5) is 16.3 Å². The molecule has 2 aliphatic rings. The number of alkyl carbamates (subject to hydrolysis) is 1. The van der Waals surface area contributed by atoms with Crippen molar-refractivity contribution in [3.63, 3.8) is 0 Å². The molecule has 2 heterocycles. The number of hydrogen-bond acceptors (Lipinski definition) is 6. The normalized spacial score (nSPS) is 23.6. The summed E-state index contributed by atoms with van der Waals surface area (Å²) in [6.07, 6.45) is 3.32. The van der Waals surface area contributed by atoms with Crippen LogP contribution in [0, 0.1) is 0 Å². The fourth-order valence-electron chi connectivity index (χ4n) is 3.01. The second kappa shape index (κ2) is 7.47. The Balaban J connectivity index is 1.40. The molecule has 2 fully saturated rings. The smallest absolute Gasteiger partial charge is 0.407 e. The van der Waals surface area contributed by atoms with Crippen LogP contribution in [0.15, 0.2) is 18.3 Å². The summed E-state index contributed by atoms with van der Waals surface area (Å²) < 4.78 is 10.6. The standard InChI is InChI=1S/C18H28N4O3/c1-18(2,3)25-17(23)21-15-10-14(11-15)20-13-4-5-16(19-12-13)22-6-8-24-9-7-22/h4-5,12,14-15,20H,6-11H2,1-3H3,(H,21,23). The summed E-state index contributed by atoms with van der Waals surface area (Å²) in [5, 5.41) is 6.37. The lowest BCUT2D eigenvalue weighted by Gasteiger charge is -2.37. The van der Waals surface area contributed by atoms with Crippen molar-refractivity contribution in [2.75, 3.05) is 36.5 Å². The number of amides is 1. The van der Waals surface area contributed by atoms with E-state index in [2.05, 4.69) is 26.6 Å². The Morgan fingerprint density at radius 1 is 1.24 bits per heavy atom. The highest BCUT2D eigenvalue weighted by Gasteiger charge is 2.31. The van der Waals surface area contributed by atoms with E-state index in [1.165, 1.54) is 0 Å². The van der Waals surface area contributed by atoms with Gasteiger partial charge in [-0.1, -0.05) is 0 Å². The van der Waals surface area contributed by atoms with Crippen LogP contribution in [0.25, 0.3) is 0 Å². The largest absolute Gasteiger partial charge is 0.444 e. The molecule has 1 aromatic heterocycles. The van der Waals surface area contributed by atoms with E-state index in [4.69, 9.17) is 9.47 Å². The summed E-state index contributed by atoms with van der Waals surface area (Å²) in [5.41, 5.74) is 0.553. The maximum atomic E-state index is 11.7. The number of anilines is 2. The number of nitrogens with zero attached hydrogens (tertiary/aromatic N) is 2. The van der Waals surface area contributed by atoms with Gasteiger partial charge in [0.05, 0.1) is 25.1 Å². The minimum atomic E-state index is -0.459. The van der Waals surface area contributed by atoms with Crippen LogP contribution in [-0.4, -0.2) is 55.1 Å². The number of hydrogen-bond donors (Lipinski definition) is 2. The predicted octanol–water partition coefficient (Wildman–Crippen LogP) is 2.39. The number of aromatic nitrogens is 1. The number of carbonyl (C=O) groups excluding carboxylic acids is 1. The lowest BCUT2D eigenvalue weighted by molar-refractivity contribution is 0.0475. The van der Waals surface area contributed by atoms with Gasteiger partial charge in [0, 0.05) is 25.2 Å².